The van der Waals surface area contributed by atoms with Crippen molar-refractivity contribution in [1.29, 1.82) is 0 Å². The second-order valence-corrected chi connectivity index (χ2v) is 15.6. The number of H-pyrrole nitrogens is 2. The van der Waals surface area contributed by atoms with E-state index in [9.17, 15) is 14.4 Å². The molecule has 3 atom stereocenters. The minimum atomic E-state index is -0.870. The van der Waals surface area contributed by atoms with Gasteiger partial charge in [0, 0.05) is 37.4 Å². The largest absolute Gasteiger partial charge is 0.453 e. The van der Waals surface area contributed by atoms with Gasteiger partial charge in [0.25, 0.3) is 11.8 Å². The number of hydrogen-bond donors (Lipinski definition) is 3. The summed E-state index contributed by atoms with van der Waals surface area (Å²) in [7, 11) is 1.29. The van der Waals surface area contributed by atoms with Crippen LogP contribution in [0.1, 0.15) is 84.2 Å². The zero-order chi connectivity index (χ0) is 40.3. The molecule has 59 heavy (non-hydrogen) atoms. The number of carbonyl (C=O) groups is 3. The fourth-order valence-corrected chi connectivity index (χ4v) is 8.85. The first-order chi connectivity index (χ1) is 28.9. The van der Waals surface area contributed by atoms with Crippen LogP contribution in [-0.4, -0.2) is 80.9 Å². The quantitative estimate of drug-likeness (QED) is 0.127. The van der Waals surface area contributed by atoms with E-state index in [2.05, 4.69) is 74.8 Å². The summed E-state index contributed by atoms with van der Waals surface area (Å²) in [4.78, 5) is 62.5. The van der Waals surface area contributed by atoms with E-state index >= 15 is 0 Å². The average molecular weight is 789 g/mol. The fraction of sp³-hybridized carbons (Fsp3) is 0.298. The van der Waals surface area contributed by atoms with Gasteiger partial charge in [-0.3, -0.25) is 9.59 Å². The molecule has 3 saturated heterocycles. The summed E-state index contributed by atoms with van der Waals surface area (Å²) < 4.78 is 4.83. The number of rotatable bonds is 10. The lowest BCUT2D eigenvalue weighted by Gasteiger charge is -2.28. The van der Waals surface area contributed by atoms with Crippen molar-refractivity contribution >= 4 is 23.6 Å². The maximum atomic E-state index is 13.9. The van der Waals surface area contributed by atoms with Crippen LogP contribution in [0, 0.1) is 0 Å². The van der Waals surface area contributed by atoms with Crippen LogP contribution in [-0.2, 0) is 9.53 Å². The van der Waals surface area contributed by atoms with Gasteiger partial charge >= 0.3 is 6.09 Å². The summed E-state index contributed by atoms with van der Waals surface area (Å²) in [5.74, 6) is 1.40. The molecule has 0 unspecified atom stereocenters. The van der Waals surface area contributed by atoms with Crippen molar-refractivity contribution < 1.29 is 19.1 Å². The molecule has 3 fully saturated rings. The molecule has 3 amide bonds. The first-order valence-corrected chi connectivity index (χ1v) is 20.6. The van der Waals surface area contributed by atoms with Crippen LogP contribution >= 0.6 is 0 Å². The first-order valence-electron chi connectivity index (χ1n) is 20.6. The molecule has 3 aliphatic rings. The number of benzene rings is 4. The maximum Gasteiger partial charge on any atom is 0.407 e. The van der Waals surface area contributed by atoms with Crippen LogP contribution in [0.4, 0.5) is 10.5 Å². The highest BCUT2D eigenvalue weighted by Gasteiger charge is 2.37. The van der Waals surface area contributed by atoms with Gasteiger partial charge in [-0.1, -0.05) is 84.9 Å². The van der Waals surface area contributed by atoms with Crippen molar-refractivity contribution in [2.45, 2.75) is 56.7 Å². The molecule has 2 aromatic heterocycles. The fourth-order valence-electron chi connectivity index (χ4n) is 8.85. The SMILES string of the molecule is COC(=O)N[C@@H](C(=O)N1CCC[C@H]1c1ncc(-c2ccc(-c3ccc(-c4cnc([C@@H]5CCCN5C(=O)c5cccc(N6CCCC6)c5)[nH]4)cc3)cc2)[nH]1)c1ccccc1. The number of carbonyl (C=O) groups excluding carboxylic acids is 3. The van der Waals surface area contributed by atoms with E-state index in [0.29, 0.717) is 17.9 Å². The molecular formula is C47H48N8O4. The lowest BCUT2D eigenvalue weighted by Crippen LogP contribution is -2.42. The summed E-state index contributed by atoms with van der Waals surface area (Å²) in [6, 6.07) is 32.9. The molecule has 3 N–H and O–H groups in total. The average Bonchev–Trinajstić information content (AvgIpc) is 4.15. The lowest BCUT2D eigenvalue weighted by atomic mass is 10.0. The van der Waals surface area contributed by atoms with Crippen LogP contribution in [0.5, 0.6) is 0 Å². The van der Waals surface area contributed by atoms with Gasteiger partial charge < -0.3 is 34.7 Å². The molecular weight excluding hydrogens is 741 g/mol. The second kappa shape index (κ2) is 16.7. The van der Waals surface area contributed by atoms with Gasteiger partial charge in [0.1, 0.15) is 17.7 Å². The summed E-state index contributed by atoms with van der Waals surface area (Å²) >= 11 is 0. The molecule has 0 aliphatic carbocycles. The van der Waals surface area contributed by atoms with E-state index in [4.69, 9.17) is 14.7 Å². The standard InChI is InChI=1S/C47H48N8O4/c1-59-47(58)52-42(35-10-3-2-4-11-35)46(57)55-27-9-15-41(55)44-49-30-39(51-44)34-22-18-32(19-23-34)31-16-20-33(21-17-31)38-29-48-43(50-38)40-14-8-26-54(40)45(56)36-12-7-13-37(28-36)53-24-5-6-25-53/h2-4,7,10-13,16-23,28-30,40-42H,5-6,8-9,14-15,24-27H2,1H3,(H,48,50)(H,49,51)(H,52,58)/t40-,41-,42+/m0/s1. The van der Waals surface area contributed by atoms with E-state index in [1.807, 2.05) is 65.8 Å². The van der Waals surface area contributed by atoms with Gasteiger partial charge in [-0.05, 0) is 84.5 Å². The molecule has 0 radical (unpaired) electrons. The maximum absolute atomic E-state index is 13.9. The monoisotopic (exact) mass is 788 g/mol. The Morgan fingerprint density at radius 1 is 0.661 bits per heavy atom. The molecule has 0 spiro atoms. The number of likely N-dealkylation sites (tertiary alicyclic amines) is 2. The van der Waals surface area contributed by atoms with Gasteiger partial charge in [0.05, 0.1) is 43.0 Å². The lowest BCUT2D eigenvalue weighted by molar-refractivity contribution is -0.134. The Kier molecular flexibility index (Phi) is 10.7. The summed E-state index contributed by atoms with van der Waals surface area (Å²) in [5, 5.41) is 2.72. The number of hydrogen-bond acceptors (Lipinski definition) is 7. The van der Waals surface area contributed by atoms with Crippen LogP contribution in [0.25, 0.3) is 33.6 Å². The number of anilines is 1. The van der Waals surface area contributed by atoms with Crippen LogP contribution in [0.3, 0.4) is 0 Å². The highest BCUT2D eigenvalue weighted by Crippen LogP contribution is 2.36. The van der Waals surface area contributed by atoms with E-state index in [0.717, 1.165) is 96.0 Å². The van der Waals surface area contributed by atoms with Crippen LogP contribution < -0.4 is 10.2 Å². The molecule has 4 aromatic carbocycles. The van der Waals surface area contributed by atoms with Crippen molar-refractivity contribution in [1.82, 2.24) is 35.1 Å². The van der Waals surface area contributed by atoms with E-state index < -0.39 is 12.1 Å². The highest BCUT2D eigenvalue weighted by atomic mass is 16.5. The minimum absolute atomic E-state index is 0.0610. The zero-order valence-electron chi connectivity index (χ0n) is 33.1. The van der Waals surface area contributed by atoms with E-state index in [1.165, 1.54) is 20.0 Å². The first kappa shape index (κ1) is 37.9. The van der Waals surface area contributed by atoms with Crippen molar-refractivity contribution in [2.24, 2.45) is 0 Å². The summed E-state index contributed by atoms with van der Waals surface area (Å²) in [6.45, 7) is 3.37. The second-order valence-electron chi connectivity index (χ2n) is 15.6. The third kappa shape index (κ3) is 7.82. The van der Waals surface area contributed by atoms with Gasteiger partial charge in [0.15, 0.2) is 0 Å². The van der Waals surface area contributed by atoms with Gasteiger partial charge in [-0.2, -0.15) is 0 Å². The minimum Gasteiger partial charge on any atom is -0.453 e. The van der Waals surface area contributed by atoms with Crippen molar-refractivity contribution in [3.05, 3.63) is 138 Å². The number of aromatic nitrogens is 4. The number of aromatic amines is 2. The normalized spacial score (nSPS) is 18.3. The molecule has 9 rings (SSSR count). The molecule has 6 aromatic rings. The van der Waals surface area contributed by atoms with Crippen molar-refractivity contribution in [2.75, 3.05) is 38.2 Å². The van der Waals surface area contributed by atoms with Gasteiger partial charge in [-0.25, -0.2) is 14.8 Å². The number of amides is 3. The van der Waals surface area contributed by atoms with Crippen molar-refractivity contribution in [3.63, 3.8) is 0 Å². The number of ether oxygens (including phenoxy) is 1. The highest BCUT2D eigenvalue weighted by molar-refractivity contribution is 5.95. The summed E-state index contributed by atoms with van der Waals surface area (Å²) in [6.07, 6.45) is 8.83. The number of alkyl carbamates (subject to hydrolysis) is 1. The number of nitrogens with zero attached hydrogens (tertiary/aromatic N) is 5. The summed E-state index contributed by atoms with van der Waals surface area (Å²) in [5.41, 5.74) is 8.52. The van der Waals surface area contributed by atoms with Gasteiger partial charge in [-0.15, -0.1) is 0 Å². The molecule has 12 nitrogen and oxygen atoms in total. The Balaban J connectivity index is 0.851. The number of imidazole rings is 2. The Morgan fingerprint density at radius 2 is 1.22 bits per heavy atom. The molecule has 3 aliphatic heterocycles. The predicted octanol–water partition coefficient (Wildman–Crippen LogP) is 8.47. The topological polar surface area (TPSA) is 140 Å². The Bertz CT molecular complexity index is 2420. The molecule has 12 heteroatoms. The molecule has 5 heterocycles. The number of methoxy groups -OCH3 is 1. The van der Waals surface area contributed by atoms with E-state index in [1.54, 1.807) is 4.90 Å². The Morgan fingerprint density at radius 3 is 1.81 bits per heavy atom. The molecule has 0 bridgehead atoms. The Hall–Kier alpha value is -6.69. The zero-order valence-corrected chi connectivity index (χ0v) is 33.1. The molecule has 0 saturated carbocycles. The molecule has 300 valence electrons. The third-order valence-corrected chi connectivity index (χ3v) is 12.0. The van der Waals surface area contributed by atoms with E-state index in [-0.39, 0.29) is 23.9 Å². The predicted molar refractivity (Wildman–Crippen MR) is 226 cm³/mol. The smallest absolute Gasteiger partial charge is 0.407 e. The Labute approximate surface area is 343 Å². The third-order valence-electron chi connectivity index (χ3n) is 12.0. The number of nitrogens with one attached hydrogen (secondary N) is 3. The van der Waals surface area contributed by atoms with Crippen LogP contribution in [0.15, 0.2) is 116 Å². The van der Waals surface area contributed by atoms with Gasteiger partial charge in [0.2, 0.25) is 0 Å². The van der Waals surface area contributed by atoms with Crippen molar-refractivity contribution in [3.8, 4) is 33.6 Å². The van der Waals surface area contributed by atoms with Crippen LogP contribution in [0.2, 0.25) is 0 Å².